The first-order chi connectivity index (χ1) is 13.8. The first kappa shape index (κ1) is 22.2. The van der Waals surface area contributed by atoms with Crippen LogP contribution in [0.5, 0.6) is 0 Å². The van der Waals surface area contributed by atoms with Gasteiger partial charge in [0.05, 0.1) is 28.5 Å². The molecule has 0 aliphatic carbocycles. The highest BCUT2D eigenvalue weighted by Crippen LogP contribution is 2.23. The summed E-state index contributed by atoms with van der Waals surface area (Å²) >= 11 is 6.14. The molecular weight excluding hydrogens is 392 g/mol. The number of hydrogen-bond acceptors (Lipinski definition) is 4. The van der Waals surface area contributed by atoms with Crippen LogP contribution in [0.15, 0.2) is 42.5 Å². The number of amides is 3. The van der Waals surface area contributed by atoms with E-state index in [1.54, 1.807) is 42.5 Å². The van der Waals surface area contributed by atoms with Crippen molar-refractivity contribution >= 4 is 40.7 Å². The average molecular weight is 417 g/mol. The second-order valence-electron chi connectivity index (χ2n) is 6.82. The van der Waals surface area contributed by atoms with Crippen LogP contribution in [0, 0.1) is 5.92 Å². The fourth-order valence-electron chi connectivity index (χ4n) is 2.50. The van der Waals surface area contributed by atoms with E-state index in [1.807, 2.05) is 13.8 Å². The van der Waals surface area contributed by atoms with Gasteiger partial charge in [0.15, 0.2) is 0 Å². The van der Waals surface area contributed by atoms with E-state index in [1.165, 1.54) is 7.05 Å². The smallest absolute Gasteiger partial charge is 0.253 e. The Morgan fingerprint density at radius 2 is 1.72 bits per heavy atom. The predicted octanol–water partition coefficient (Wildman–Crippen LogP) is 3.14. The molecule has 2 aromatic carbocycles. The largest absolute Gasteiger partial charge is 0.375 e. The first-order valence-electron chi connectivity index (χ1n) is 9.24. The maximum Gasteiger partial charge on any atom is 0.253 e. The number of carbonyl (C=O) groups is 3. The van der Waals surface area contributed by atoms with Crippen molar-refractivity contribution in [2.45, 2.75) is 13.8 Å². The van der Waals surface area contributed by atoms with Crippen molar-refractivity contribution in [3.05, 3.63) is 58.6 Å². The lowest BCUT2D eigenvalue weighted by Crippen LogP contribution is -2.29. The molecule has 0 spiro atoms. The lowest BCUT2D eigenvalue weighted by atomic mass is 10.1. The van der Waals surface area contributed by atoms with E-state index in [0.717, 1.165) is 0 Å². The summed E-state index contributed by atoms with van der Waals surface area (Å²) in [6.45, 7) is 4.47. The molecule has 29 heavy (non-hydrogen) atoms. The topological polar surface area (TPSA) is 99.3 Å². The molecule has 0 fully saturated rings. The third kappa shape index (κ3) is 6.50. The van der Waals surface area contributed by atoms with Gasteiger partial charge in [-0.25, -0.2) is 0 Å². The quantitative estimate of drug-likeness (QED) is 0.531. The Bertz CT molecular complexity index is 899. The van der Waals surface area contributed by atoms with Gasteiger partial charge >= 0.3 is 0 Å². The first-order valence-corrected chi connectivity index (χ1v) is 9.62. The molecule has 0 aliphatic rings. The summed E-state index contributed by atoms with van der Waals surface area (Å²) < 4.78 is 0. The van der Waals surface area contributed by atoms with Gasteiger partial charge in [0, 0.05) is 19.2 Å². The Morgan fingerprint density at radius 1 is 1.00 bits per heavy atom. The SMILES string of the molecule is CNC(=O)c1ccc(Cl)c(NCC(=O)Nc2ccccc2C(=O)NCC(C)C)c1. The molecule has 0 heterocycles. The summed E-state index contributed by atoms with van der Waals surface area (Å²) in [5, 5.41) is 11.4. The zero-order chi connectivity index (χ0) is 21.4. The number of anilines is 2. The van der Waals surface area contributed by atoms with E-state index in [0.29, 0.717) is 40.0 Å². The van der Waals surface area contributed by atoms with E-state index in [4.69, 9.17) is 11.6 Å². The Labute approximate surface area is 175 Å². The second kappa shape index (κ2) is 10.5. The average Bonchev–Trinajstić information content (AvgIpc) is 2.71. The molecular formula is C21H25ClN4O3. The number of hydrogen-bond donors (Lipinski definition) is 4. The van der Waals surface area contributed by atoms with E-state index in [9.17, 15) is 14.4 Å². The molecule has 0 atom stereocenters. The van der Waals surface area contributed by atoms with Gasteiger partial charge in [-0.15, -0.1) is 0 Å². The molecule has 2 rings (SSSR count). The molecule has 0 aliphatic heterocycles. The summed E-state index contributed by atoms with van der Waals surface area (Å²) in [4.78, 5) is 36.5. The summed E-state index contributed by atoms with van der Waals surface area (Å²) in [6, 6.07) is 11.6. The molecule has 0 bridgehead atoms. The highest BCUT2D eigenvalue weighted by atomic mass is 35.5. The molecule has 4 N–H and O–H groups in total. The van der Waals surface area contributed by atoms with Crippen molar-refractivity contribution in [2.75, 3.05) is 30.8 Å². The van der Waals surface area contributed by atoms with Gasteiger partial charge in [-0.2, -0.15) is 0 Å². The number of rotatable bonds is 8. The number of benzene rings is 2. The molecule has 0 aromatic heterocycles. The van der Waals surface area contributed by atoms with Gasteiger partial charge in [0.2, 0.25) is 5.91 Å². The Balaban J connectivity index is 2.04. The summed E-state index contributed by atoms with van der Waals surface area (Å²) in [5.74, 6) is -0.532. The van der Waals surface area contributed by atoms with Crippen molar-refractivity contribution in [3.8, 4) is 0 Å². The van der Waals surface area contributed by atoms with E-state index < -0.39 is 0 Å². The van der Waals surface area contributed by atoms with Crippen LogP contribution in [0.3, 0.4) is 0 Å². The molecule has 0 unspecified atom stereocenters. The Hall–Kier alpha value is -3.06. The van der Waals surface area contributed by atoms with Crippen LogP contribution < -0.4 is 21.3 Å². The van der Waals surface area contributed by atoms with Gasteiger partial charge in [-0.1, -0.05) is 37.6 Å². The van der Waals surface area contributed by atoms with Crippen molar-refractivity contribution in [2.24, 2.45) is 5.92 Å². The van der Waals surface area contributed by atoms with Gasteiger partial charge in [0.25, 0.3) is 11.8 Å². The molecule has 3 amide bonds. The van der Waals surface area contributed by atoms with E-state index in [2.05, 4.69) is 21.3 Å². The molecule has 0 radical (unpaired) electrons. The van der Waals surface area contributed by atoms with Crippen LogP contribution in [0.4, 0.5) is 11.4 Å². The predicted molar refractivity (Wildman–Crippen MR) is 116 cm³/mol. The van der Waals surface area contributed by atoms with Gasteiger partial charge in [-0.05, 0) is 36.2 Å². The lowest BCUT2D eigenvalue weighted by molar-refractivity contribution is -0.114. The lowest BCUT2D eigenvalue weighted by Gasteiger charge is -2.14. The minimum atomic E-state index is -0.351. The highest BCUT2D eigenvalue weighted by Gasteiger charge is 2.14. The molecule has 0 saturated carbocycles. The van der Waals surface area contributed by atoms with Crippen LogP contribution in [-0.4, -0.2) is 37.9 Å². The van der Waals surface area contributed by atoms with Gasteiger partial charge in [0.1, 0.15) is 0 Å². The summed E-state index contributed by atoms with van der Waals surface area (Å²) in [6.07, 6.45) is 0. The van der Waals surface area contributed by atoms with Crippen LogP contribution in [0.2, 0.25) is 5.02 Å². The number of nitrogens with one attached hydrogen (secondary N) is 4. The molecule has 154 valence electrons. The zero-order valence-electron chi connectivity index (χ0n) is 16.6. The standard InChI is InChI=1S/C21H25ClN4O3/c1-13(2)11-25-21(29)15-6-4-5-7-17(15)26-19(27)12-24-18-10-14(20(28)23-3)8-9-16(18)22/h4-10,13,24H,11-12H2,1-3H3,(H,23,28)(H,25,29)(H,26,27). The number of halogens is 1. The maximum atomic E-state index is 12.4. The normalized spacial score (nSPS) is 10.4. The van der Waals surface area contributed by atoms with Crippen molar-refractivity contribution in [3.63, 3.8) is 0 Å². The maximum absolute atomic E-state index is 12.4. The van der Waals surface area contributed by atoms with Crippen LogP contribution in [0.1, 0.15) is 34.6 Å². The Kier molecular flexibility index (Phi) is 8.03. The number of carbonyl (C=O) groups excluding carboxylic acids is 3. The Morgan fingerprint density at radius 3 is 2.41 bits per heavy atom. The third-order valence-electron chi connectivity index (χ3n) is 4.01. The van der Waals surface area contributed by atoms with Crippen molar-refractivity contribution in [1.29, 1.82) is 0 Å². The molecule has 2 aromatic rings. The minimum Gasteiger partial charge on any atom is -0.375 e. The second-order valence-corrected chi connectivity index (χ2v) is 7.23. The minimum absolute atomic E-state index is 0.0845. The van der Waals surface area contributed by atoms with E-state index in [-0.39, 0.29) is 24.3 Å². The summed E-state index contributed by atoms with van der Waals surface area (Å²) in [7, 11) is 1.53. The molecule has 0 saturated heterocycles. The summed E-state index contributed by atoms with van der Waals surface area (Å²) in [5.41, 5.74) is 1.70. The van der Waals surface area contributed by atoms with Gasteiger partial charge < -0.3 is 21.3 Å². The van der Waals surface area contributed by atoms with Crippen molar-refractivity contribution in [1.82, 2.24) is 10.6 Å². The van der Waals surface area contributed by atoms with Crippen molar-refractivity contribution < 1.29 is 14.4 Å². The molecule has 8 heteroatoms. The highest BCUT2D eigenvalue weighted by molar-refractivity contribution is 6.33. The van der Waals surface area contributed by atoms with Gasteiger partial charge in [-0.3, -0.25) is 14.4 Å². The van der Waals surface area contributed by atoms with E-state index >= 15 is 0 Å². The van der Waals surface area contributed by atoms with Crippen LogP contribution in [0.25, 0.3) is 0 Å². The zero-order valence-corrected chi connectivity index (χ0v) is 17.4. The van der Waals surface area contributed by atoms with Crippen LogP contribution >= 0.6 is 11.6 Å². The third-order valence-corrected chi connectivity index (χ3v) is 4.34. The van der Waals surface area contributed by atoms with Crippen LogP contribution in [-0.2, 0) is 4.79 Å². The number of para-hydroxylation sites is 1. The fourth-order valence-corrected chi connectivity index (χ4v) is 2.68. The molecule has 7 nitrogen and oxygen atoms in total. The monoisotopic (exact) mass is 416 g/mol. The fraction of sp³-hybridized carbons (Fsp3) is 0.286.